The van der Waals surface area contributed by atoms with Crippen LogP contribution in [0.2, 0.25) is 0 Å². The number of para-hydroxylation sites is 1. The van der Waals surface area contributed by atoms with E-state index in [4.69, 9.17) is 0 Å². The van der Waals surface area contributed by atoms with E-state index >= 15 is 0 Å². The van der Waals surface area contributed by atoms with Crippen LogP contribution in [-0.4, -0.2) is 4.57 Å². The van der Waals surface area contributed by atoms with Gasteiger partial charge >= 0.3 is 0 Å². The van der Waals surface area contributed by atoms with E-state index in [-0.39, 0.29) is 10.8 Å². The number of benzene rings is 9. The Hall–Kier alpha value is -7.20. The highest BCUT2D eigenvalue weighted by atomic mass is 32.1. The number of nitrogens with zero attached hydrogens (tertiary/aromatic N) is 2. The normalized spacial score (nSPS) is 14.3. The average Bonchev–Trinajstić information content (AvgIpc) is 4.00. The van der Waals surface area contributed by atoms with Gasteiger partial charge in [-0.1, -0.05) is 149 Å². The first-order chi connectivity index (χ1) is 30.8. The lowest BCUT2D eigenvalue weighted by Crippen LogP contribution is -2.18. The molecule has 0 atom stereocenters. The standard InChI is InChI=1S/C60H44N2S/c1-59(2)50-19-11-8-16-43(50)45-29-27-41(35-52(45)59)61(42-28-30-46-44-17-9-12-20-51(44)60(3,4)53(46)36-42)40-25-22-37(23-26-40)38-24-32-54-49(34-38)57-55(62(54)39-14-6-5-7-15-39)33-31-48-47-18-10-13-21-56(47)63-58(48)57/h5-36H,1-4H3. The molecule has 9 aromatic carbocycles. The Morgan fingerprint density at radius 2 is 0.937 bits per heavy atom. The third-order valence-corrected chi connectivity index (χ3v) is 15.6. The Bertz CT molecular complexity index is 3570. The molecule has 0 fully saturated rings. The van der Waals surface area contributed by atoms with Gasteiger partial charge in [0.1, 0.15) is 0 Å². The Kier molecular flexibility index (Phi) is 7.61. The predicted octanol–water partition coefficient (Wildman–Crippen LogP) is 16.9. The number of rotatable bonds is 5. The molecule has 13 rings (SSSR count). The number of thiophene rings is 1. The maximum absolute atomic E-state index is 2.47. The summed E-state index contributed by atoms with van der Waals surface area (Å²) in [6.45, 7) is 9.48. The van der Waals surface area contributed by atoms with Crippen molar-refractivity contribution in [2.24, 2.45) is 0 Å². The minimum atomic E-state index is -0.108. The molecule has 2 aliphatic carbocycles. The molecule has 0 saturated carbocycles. The van der Waals surface area contributed by atoms with Crippen LogP contribution < -0.4 is 4.90 Å². The van der Waals surface area contributed by atoms with Crippen molar-refractivity contribution in [2.45, 2.75) is 38.5 Å². The second-order valence-corrected chi connectivity index (χ2v) is 19.6. The van der Waals surface area contributed by atoms with E-state index in [0.29, 0.717) is 0 Å². The van der Waals surface area contributed by atoms with E-state index < -0.39 is 0 Å². The predicted molar refractivity (Wildman–Crippen MR) is 269 cm³/mol. The summed E-state index contributed by atoms with van der Waals surface area (Å²) in [6.07, 6.45) is 0. The van der Waals surface area contributed by atoms with Crippen LogP contribution in [-0.2, 0) is 10.8 Å². The smallest absolute Gasteiger partial charge is 0.0555 e. The summed E-state index contributed by atoms with van der Waals surface area (Å²) in [5.74, 6) is 0. The van der Waals surface area contributed by atoms with Crippen molar-refractivity contribution in [3.05, 3.63) is 216 Å². The highest BCUT2D eigenvalue weighted by molar-refractivity contribution is 7.26. The summed E-state index contributed by atoms with van der Waals surface area (Å²) < 4.78 is 5.11. The fourth-order valence-electron chi connectivity index (χ4n) is 11.2. The van der Waals surface area contributed by atoms with Crippen LogP contribution in [0.3, 0.4) is 0 Å². The van der Waals surface area contributed by atoms with Gasteiger partial charge in [0.2, 0.25) is 0 Å². The van der Waals surface area contributed by atoms with Crippen molar-refractivity contribution in [1.29, 1.82) is 0 Å². The molecule has 0 amide bonds. The number of fused-ring (bicyclic) bond motifs is 13. The minimum Gasteiger partial charge on any atom is -0.310 e. The molecular formula is C60H44N2S. The van der Waals surface area contributed by atoms with E-state index in [0.717, 1.165) is 17.1 Å². The van der Waals surface area contributed by atoms with Gasteiger partial charge in [0.15, 0.2) is 0 Å². The van der Waals surface area contributed by atoms with Crippen LogP contribution in [0.1, 0.15) is 49.9 Å². The third kappa shape index (κ3) is 5.18. The van der Waals surface area contributed by atoms with E-state index in [9.17, 15) is 0 Å². The average molecular weight is 825 g/mol. The molecule has 2 aliphatic rings. The van der Waals surface area contributed by atoms with Gasteiger partial charge in [-0.3, -0.25) is 0 Å². The first-order valence-electron chi connectivity index (χ1n) is 22.1. The molecule has 63 heavy (non-hydrogen) atoms. The summed E-state index contributed by atoms with van der Waals surface area (Å²) in [4.78, 5) is 2.47. The van der Waals surface area contributed by atoms with E-state index in [1.807, 2.05) is 11.3 Å². The number of aromatic nitrogens is 1. The third-order valence-electron chi connectivity index (χ3n) is 14.4. The van der Waals surface area contributed by atoms with Crippen molar-refractivity contribution in [2.75, 3.05) is 4.90 Å². The number of anilines is 3. The van der Waals surface area contributed by atoms with Gasteiger partial charge in [-0.15, -0.1) is 11.3 Å². The molecule has 2 heterocycles. The summed E-state index contributed by atoms with van der Waals surface area (Å²) in [6, 6.07) is 72.7. The number of hydrogen-bond donors (Lipinski definition) is 0. The molecule has 0 spiro atoms. The zero-order valence-electron chi connectivity index (χ0n) is 35.8. The van der Waals surface area contributed by atoms with Crippen LogP contribution in [0.5, 0.6) is 0 Å². The fraction of sp³-hybridized carbons (Fsp3) is 0.100. The quantitative estimate of drug-likeness (QED) is 0.168. The molecule has 2 nitrogen and oxygen atoms in total. The van der Waals surface area contributed by atoms with Gasteiger partial charge < -0.3 is 9.47 Å². The molecule has 3 heteroatoms. The lowest BCUT2D eigenvalue weighted by Gasteiger charge is -2.30. The van der Waals surface area contributed by atoms with E-state index in [1.54, 1.807) is 0 Å². The maximum Gasteiger partial charge on any atom is 0.0555 e. The molecule has 0 unspecified atom stereocenters. The second kappa shape index (κ2) is 13.2. The van der Waals surface area contributed by atoms with Gasteiger partial charge in [-0.2, -0.15) is 0 Å². The lowest BCUT2D eigenvalue weighted by molar-refractivity contribution is 0.660. The van der Waals surface area contributed by atoms with Gasteiger partial charge in [-0.25, -0.2) is 0 Å². The zero-order chi connectivity index (χ0) is 42.2. The maximum atomic E-state index is 2.47. The minimum absolute atomic E-state index is 0.108. The Morgan fingerprint density at radius 1 is 0.397 bits per heavy atom. The molecule has 0 bridgehead atoms. The lowest BCUT2D eigenvalue weighted by atomic mass is 9.82. The second-order valence-electron chi connectivity index (χ2n) is 18.5. The van der Waals surface area contributed by atoms with Crippen molar-refractivity contribution >= 4 is 70.4 Å². The molecule has 0 aliphatic heterocycles. The van der Waals surface area contributed by atoms with Gasteiger partial charge in [0, 0.05) is 64.5 Å². The first kappa shape index (κ1) is 36.5. The molecule has 0 N–H and O–H groups in total. The Labute approximate surface area is 371 Å². The van der Waals surface area contributed by atoms with Crippen LogP contribution >= 0.6 is 11.3 Å². The monoisotopic (exact) mass is 824 g/mol. The molecular weight excluding hydrogens is 781 g/mol. The van der Waals surface area contributed by atoms with Crippen molar-refractivity contribution in [1.82, 2.24) is 4.57 Å². The van der Waals surface area contributed by atoms with Crippen LogP contribution in [0.4, 0.5) is 17.1 Å². The van der Waals surface area contributed by atoms with Crippen molar-refractivity contribution < 1.29 is 0 Å². The largest absolute Gasteiger partial charge is 0.310 e. The summed E-state index contributed by atoms with van der Waals surface area (Å²) in [7, 11) is 0. The van der Waals surface area contributed by atoms with E-state index in [2.05, 4.69) is 231 Å². The van der Waals surface area contributed by atoms with Crippen LogP contribution in [0.25, 0.3) is 81.0 Å². The van der Waals surface area contributed by atoms with Crippen molar-refractivity contribution in [3.8, 4) is 39.1 Å². The number of hydrogen-bond acceptors (Lipinski definition) is 2. The Morgan fingerprint density at radius 3 is 1.60 bits per heavy atom. The molecule has 300 valence electrons. The topological polar surface area (TPSA) is 8.17 Å². The van der Waals surface area contributed by atoms with Crippen LogP contribution in [0.15, 0.2) is 194 Å². The summed E-state index contributed by atoms with van der Waals surface area (Å²) in [5.41, 5.74) is 20.1. The highest BCUT2D eigenvalue weighted by Crippen LogP contribution is 2.53. The SMILES string of the molecule is CC1(C)c2ccccc2-c2ccc(N(c3ccc(-c4ccc5c(c4)c4c6sc7ccccc7c6ccc4n5-c4ccccc4)cc3)c3ccc4c(c3)C(C)(C)c3ccccc3-4)cc21. The Balaban J connectivity index is 0.970. The summed E-state index contributed by atoms with van der Waals surface area (Å²) in [5, 5.41) is 5.24. The fourth-order valence-corrected chi connectivity index (χ4v) is 12.5. The molecule has 11 aromatic rings. The highest BCUT2D eigenvalue weighted by Gasteiger charge is 2.37. The van der Waals surface area contributed by atoms with Crippen molar-refractivity contribution in [3.63, 3.8) is 0 Å². The van der Waals surface area contributed by atoms with Crippen LogP contribution in [0, 0.1) is 0 Å². The zero-order valence-corrected chi connectivity index (χ0v) is 36.6. The van der Waals surface area contributed by atoms with E-state index in [1.165, 1.54) is 103 Å². The van der Waals surface area contributed by atoms with Gasteiger partial charge in [-0.05, 0) is 128 Å². The molecule has 0 saturated heterocycles. The first-order valence-corrected chi connectivity index (χ1v) is 22.9. The van der Waals surface area contributed by atoms with Gasteiger partial charge in [0.25, 0.3) is 0 Å². The summed E-state index contributed by atoms with van der Waals surface area (Å²) >= 11 is 1.91. The van der Waals surface area contributed by atoms with Gasteiger partial charge in [0.05, 0.1) is 11.0 Å². The molecule has 2 aromatic heterocycles. The molecule has 0 radical (unpaired) electrons.